The van der Waals surface area contributed by atoms with Gasteiger partial charge in [0.2, 0.25) is 0 Å². The van der Waals surface area contributed by atoms with Gasteiger partial charge < -0.3 is 15.0 Å². The number of aromatic nitrogens is 1. The predicted molar refractivity (Wildman–Crippen MR) is 90.2 cm³/mol. The molecule has 5 heteroatoms. The molecule has 1 N–H and O–H groups in total. The molecule has 0 saturated carbocycles. The number of rotatable bonds is 4. The number of nitrogens with zero attached hydrogens (tertiary/aromatic N) is 2. The Morgan fingerprint density at radius 2 is 1.95 bits per heavy atom. The van der Waals surface area contributed by atoms with Gasteiger partial charge in [-0.2, -0.15) is 0 Å². The number of fused-ring (bicyclic) bond motifs is 1. The van der Waals surface area contributed by atoms with Crippen molar-refractivity contribution in [1.29, 1.82) is 0 Å². The largest absolute Gasteiger partial charge is 0.497 e. The molecule has 3 aromatic rings. The molecule has 0 aliphatic heterocycles. The highest BCUT2D eigenvalue weighted by atomic mass is 32.1. The van der Waals surface area contributed by atoms with Gasteiger partial charge in [-0.1, -0.05) is 23.5 Å². The zero-order valence-electron chi connectivity index (χ0n) is 12.3. The average Bonchev–Trinajstić information content (AvgIpc) is 2.88. The number of hydrogen-bond acceptors (Lipinski definition) is 5. The minimum absolute atomic E-state index is 0.853. The molecule has 1 aromatic heterocycles. The first-order chi connectivity index (χ1) is 10.2. The van der Waals surface area contributed by atoms with Crippen LogP contribution in [-0.4, -0.2) is 26.2 Å². The molecule has 0 amide bonds. The van der Waals surface area contributed by atoms with Gasteiger partial charge in [-0.05, 0) is 30.3 Å². The van der Waals surface area contributed by atoms with Crippen LogP contribution in [-0.2, 0) is 0 Å². The third kappa shape index (κ3) is 2.78. The van der Waals surface area contributed by atoms with Gasteiger partial charge in [0.25, 0.3) is 0 Å². The first-order valence-electron chi connectivity index (χ1n) is 6.65. The minimum Gasteiger partial charge on any atom is -0.497 e. The number of methoxy groups -OCH3 is 1. The molecule has 0 atom stereocenters. The van der Waals surface area contributed by atoms with E-state index in [1.165, 1.54) is 0 Å². The molecule has 0 bridgehead atoms. The predicted octanol–water partition coefficient (Wildman–Crippen LogP) is 4.11. The Morgan fingerprint density at radius 1 is 1.14 bits per heavy atom. The number of ether oxygens (including phenoxy) is 1. The lowest BCUT2D eigenvalue weighted by Crippen LogP contribution is -2.10. The van der Waals surface area contributed by atoms with E-state index >= 15 is 0 Å². The molecule has 1 heterocycles. The quantitative estimate of drug-likeness (QED) is 0.786. The van der Waals surface area contributed by atoms with E-state index in [4.69, 9.17) is 4.74 Å². The second kappa shape index (κ2) is 5.61. The van der Waals surface area contributed by atoms with Crippen molar-refractivity contribution in [2.45, 2.75) is 0 Å². The van der Waals surface area contributed by atoms with Crippen molar-refractivity contribution in [2.75, 3.05) is 31.4 Å². The van der Waals surface area contributed by atoms with Gasteiger partial charge in [-0.25, -0.2) is 4.98 Å². The maximum atomic E-state index is 5.25. The smallest absolute Gasteiger partial charge is 0.188 e. The third-order valence-electron chi connectivity index (χ3n) is 3.22. The zero-order chi connectivity index (χ0) is 14.8. The zero-order valence-corrected chi connectivity index (χ0v) is 13.1. The standard InChI is InChI=1S/C16H17N3OS/c1-19(2)14-7-5-4-6-12(14)17-16-18-13-9-8-11(20-3)10-15(13)21-16/h4-10H,1-3H3,(H,17,18). The number of nitrogens with one attached hydrogen (secondary N) is 1. The van der Waals surface area contributed by atoms with Gasteiger partial charge in [0.15, 0.2) is 5.13 Å². The summed E-state index contributed by atoms with van der Waals surface area (Å²) in [7, 11) is 5.74. The number of thiazole rings is 1. The van der Waals surface area contributed by atoms with Crippen molar-refractivity contribution in [3.63, 3.8) is 0 Å². The molecule has 0 fully saturated rings. The van der Waals surface area contributed by atoms with Crippen molar-refractivity contribution in [1.82, 2.24) is 4.98 Å². The van der Waals surface area contributed by atoms with Crippen molar-refractivity contribution in [2.24, 2.45) is 0 Å². The number of benzene rings is 2. The topological polar surface area (TPSA) is 37.4 Å². The van der Waals surface area contributed by atoms with Crippen LogP contribution in [0.5, 0.6) is 5.75 Å². The van der Waals surface area contributed by atoms with E-state index in [2.05, 4.69) is 27.3 Å². The molecule has 4 nitrogen and oxygen atoms in total. The molecule has 3 rings (SSSR count). The van der Waals surface area contributed by atoms with E-state index in [1.54, 1.807) is 18.4 Å². The van der Waals surface area contributed by atoms with E-state index in [1.807, 2.05) is 44.4 Å². The van der Waals surface area contributed by atoms with E-state index in [-0.39, 0.29) is 0 Å². The minimum atomic E-state index is 0.853. The summed E-state index contributed by atoms with van der Waals surface area (Å²) in [5.74, 6) is 0.853. The summed E-state index contributed by atoms with van der Waals surface area (Å²) in [5, 5.41) is 4.29. The van der Waals surface area contributed by atoms with Crippen molar-refractivity contribution < 1.29 is 4.74 Å². The highest BCUT2D eigenvalue weighted by Gasteiger charge is 2.08. The molecule has 2 aromatic carbocycles. The lowest BCUT2D eigenvalue weighted by molar-refractivity contribution is 0.415. The summed E-state index contributed by atoms with van der Waals surface area (Å²) >= 11 is 1.62. The van der Waals surface area contributed by atoms with Crippen molar-refractivity contribution in [3.05, 3.63) is 42.5 Å². The molecular formula is C16H17N3OS. The van der Waals surface area contributed by atoms with Gasteiger partial charge in [0, 0.05) is 14.1 Å². The Labute approximate surface area is 128 Å². The molecule has 0 aliphatic carbocycles. The van der Waals surface area contributed by atoms with Crippen LogP contribution in [0.25, 0.3) is 10.2 Å². The van der Waals surface area contributed by atoms with Gasteiger partial charge >= 0.3 is 0 Å². The molecular weight excluding hydrogens is 282 g/mol. The first-order valence-corrected chi connectivity index (χ1v) is 7.47. The van der Waals surface area contributed by atoms with Crippen LogP contribution in [0.4, 0.5) is 16.5 Å². The Kier molecular flexibility index (Phi) is 3.66. The Balaban J connectivity index is 1.95. The second-order valence-electron chi connectivity index (χ2n) is 4.89. The van der Waals surface area contributed by atoms with Crippen LogP contribution >= 0.6 is 11.3 Å². The van der Waals surface area contributed by atoms with Crippen LogP contribution in [0.3, 0.4) is 0 Å². The molecule has 0 unspecified atom stereocenters. The number of para-hydroxylation sites is 2. The van der Waals surface area contributed by atoms with Crippen LogP contribution in [0.1, 0.15) is 0 Å². The van der Waals surface area contributed by atoms with Crippen molar-refractivity contribution in [3.8, 4) is 5.75 Å². The lowest BCUT2D eigenvalue weighted by Gasteiger charge is -2.17. The summed E-state index contributed by atoms with van der Waals surface area (Å²) < 4.78 is 6.36. The van der Waals surface area contributed by atoms with E-state index in [0.29, 0.717) is 0 Å². The van der Waals surface area contributed by atoms with E-state index in [0.717, 1.165) is 32.5 Å². The SMILES string of the molecule is COc1ccc2nc(Nc3ccccc3N(C)C)sc2c1. The monoisotopic (exact) mass is 299 g/mol. The lowest BCUT2D eigenvalue weighted by atomic mass is 10.2. The maximum absolute atomic E-state index is 5.25. The summed E-state index contributed by atoms with van der Waals surface area (Å²) in [5.41, 5.74) is 3.16. The highest BCUT2D eigenvalue weighted by molar-refractivity contribution is 7.22. The van der Waals surface area contributed by atoms with Gasteiger partial charge in [0.05, 0.1) is 28.7 Å². The summed E-state index contributed by atoms with van der Waals surface area (Å²) in [6.07, 6.45) is 0. The van der Waals surface area contributed by atoms with Gasteiger partial charge in [-0.15, -0.1) is 0 Å². The fourth-order valence-corrected chi connectivity index (χ4v) is 3.08. The van der Waals surface area contributed by atoms with E-state index in [9.17, 15) is 0 Å². The van der Waals surface area contributed by atoms with Gasteiger partial charge in [-0.3, -0.25) is 0 Å². The normalized spacial score (nSPS) is 10.6. The van der Waals surface area contributed by atoms with Crippen LogP contribution in [0.15, 0.2) is 42.5 Å². The average molecular weight is 299 g/mol. The molecule has 0 aliphatic rings. The molecule has 21 heavy (non-hydrogen) atoms. The van der Waals surface area contributed by atoms with Crippen molar-refractivity contribution >= 4 is 38.1 Å². The molecule has 108 valence electrons. The molecule has 0 spiro atoms. The molecule has 0 radical (unpaired) electrons. The van der Waals surface area contributed by atoms with Crippen LogP contribution in [0, 0.1) is 0 Å². The molecule has 0 saturated heterocycles. The maximum Gasteiger partial charge on any atom is 0.188 e. The number of anilines is 3. The fraction of sp³-hybridized carbons (Fsp3) is 0.188. The summed E-state index contributed by atoms with van der Waals surface area (Å²) in [6.45, 7) is 0. The first kappa shape index (κ1) is 13.7. The Bertz CT molecular complexity index is 767. The summed E-state index contributed by atoms with van der Waals surface area (Å²) in [6, 6.07) is 14.1. The number of hydrogen-bond donors (Lipinski definition) is 1. The van der Waals surface area contributed by atoms with Gasteiger partial charge in [0.1, 0.15) is 5.75 Å². The van der Waals surface area contributed by atoms with Crippen LogP contribution in [0.2, 0.25) is 0 Å². The Hall–Kier alpha value is -2.27. The van der Waals surface area contributed by atoms with E-state index < -0.39 is 0 Å². The fourth-order valence-electron chi connectivity index (χ4n) is 2.17. The highest BCUT2D eigenvalue weighted by Crippen LogP contribution is 2.33. The van der Waals surface area contributed by atoms with Crippen LogP contribution < -0.4 is 15.0 Å². The Morgan fingerprint density at radius 3 is 2.71 bits per heavy atom. The second-order valence-corrected chi connectivity index (χ2v) is 5.92. The third-order valence-corrected chi connectivity index (χ3v) is 4.16. The summed E-state index contributed by atoms with van der Waals surface area (Å²) in [4.78, 5) is 6.70.